The first-order chi connectivity index (χ1) is 4.00. The van der Waals surface area contributed by atoms with Crippen molar-refractivity contribution >= 4 is 11.9 Å². The Labute approximate surface area is 53.2 Å². The van der Waals surface area contributed by atoms with Crippen LogP contribution in [0, 0.1) is 0 Å². The second kappa shape index (κ2) is 3.43. The first-order valence-electron chi connectivity index (χ1n) is 2.45. The molecule has 0 fully saturated rings. The summed E-state index contributed by atoms with van der Waals surface area (Å²) < 4.78 is 3.00. The number of hydrogen-bond acceptors (Lipinski definition) is 3. The minimum atomic E-state index is 0.907. The van der Waals surface area contributed by atoms with Crippen LogP contribution >= 0.6 is 11.9 Å². The molecular formula is C5H8N2S. The molecule has 0 radical (unpaired) electrons. The van der Waals surface area contributed by atoms with E-state index in [-0.39, 0.29) is 0 Å². The highest BCUT2D eigenvalue weighted by Gasteiger charge is 1.77. The molecule has 1 aliphatic heterocycles. The monoisotopic (exact) mass is 128 g/mol. The maximum Gasteiger partial charge on any atom is 0.0342 e. The van der Waals surface area contributed by atoms with Crippen LogP contribution in [0.1, 0.15) is 0 Å². The van der Waals surface area contributed by atoms with Gasteiger partial charge in [-0.25, -0.2) is 0 Å². The largest absolute Gasteiger partial charge is 0.387 e. The Morgan fingerprint density at radius 1 is 1.38 bits per heavy atom. The number of nitrogens with one attached hydrogen (secondary N) is 2. The van der Waals surface area contributed by atoms with E-state index in [1.807, 2.05) is 23.9 Å². The lowest BCUT2D eigenvalue weighted by Gasteiger charge is -1.98. The summed E-state index contributed by atoms with van der Waals surface area (Å²) in [6.45, 7) is 0.907. The average Bonchev–Trinajstić information content (AvgIpc) is 1.62. The zero-order valence-electron chi connectivity index (χ0n) is 4.42. The van der Waals surface area contributed by atoms with E-state index in [2.05, 4.69) is 10.0 Å². The minimum Gasteiger partial charge on any atom is -0.387 e. The van der Waals surface area contributed by atoms with Gasteiger partial charge in [-0.15, -0.1) is 0 Å². The Morgan fingerprint density at radius 2 is 2.38 bits per heavy atom. The van der Waals surface area contributed by atoms with Crippen molar-refractivity contribution in [1.82, 2.24) is 10.0 Å². The van der Waals surface area contributed by atoms with E-state index < -0.39 is 0 Å². The Balaban J connectivity index is 2.29. The van der Waals surface area contributed by atoms with Crippen LogP contribution in [0.4, 0.5) is 0 Å². The smallest absolute Gasteiger partial charge is 0.0342 e. The lowest BCUT2D eigenvalue weighted by atomic mass is 10.6. The molecule has 3 heteroatoms. The fraction of sp³-hybridized carbons (Fsp3) is 0.200. The predicted octanol–water partition coefficient (Wildman–Crippen LogP) is 0.812. The molecule has 0 aromatic heterocycles. The van der Waals surface area contributed by atoms with Crippen molar-refractivity contribution in [2.45, 2.75) is 0 Å². The van der Waals surface area contributed by atoms with Crippen LogP contribution in [0.15, 0.2) is 23.9 Å². The summed E-state index contributed by atoms with van der Waals surface area (Å²) in [4.78, 5) is 0. The maximum atomic E-state index is 3.06. The van der Waals surface area contributed by atoms with Gasteiger partial charge in [0.25, 0.3) is 0 Å². The summed E-state index contributed by atoms with van der Waals surface area (Å²) in [6.07, 6.45) is 5.86. The van der Waals surface area contributed by atoms with Gasteiger partial charge in [0.1, 0.15) is 0 Å². The summed E-state index contributed by atoms with van der Waals surface area (Å²) in [5.74, 6) is 0. The lowest BCUT2D eigenvalue weighted by molar-refractivity contribution is 0.980. The van der Waals surface area contributed by atoms with E-state index in [1.165, 1.54) is 0 Å². The van der Waals surface area contributed by atoms with Crippen molar-refractivity contribution in [2.24, 2.45) is 0 Å². The Kier molecular flexibility index (Phi) is 2.39. The van der Waals surface area contributed by atoms with Crippen LogP contribution in [-0.4, -0.2) is 6.54 Å². The van der Waals surface area contributed by atoms with E-state index >= 15 is 0 Å². The number of hydrogen-bond donors (Lipinski definition) is 2. The summed E-state index contributed by atoms with van der Waals surface area (Å²) in [5, 5.41) is 5.02. The third kappa shape index (κ3) is 1.93. The topological polar surface area (TPSA) is 24.1 Å². The van der Waals surface area contributed by atoms with Gasteiger partial charge in [0.05, 0.1) is 0 Å². The minimum absolute atomic E-state index is 0.907. The molecule has 0 atom stereocenters. The second-order valence-corrected chi connectivity index (χ2v) is 2.09. The summed E-state index contributed by atoms with van der Waals surface area (Å²) in [7, 11) is 0. The molecule has 0 saturated carbocycles. The Hall–Kier alpha value is -0.570. The third-order valence-corrected chi connectivity index (χ3v) is 1.29. The van der Waals surface area contributed by atoms with Crippen molar-refractivity contribution < 1.29 is 0 Å². The van der Waals surface area contributed by atoms with Crippen LogP contribution in [0.2, 0.25) is 0 Å². The van der Waals surface area contributed by atoms with Crippen LogP contribution in [-0.2, 0) is 0 Å². The molecule has 2 nitrogen and oxygen atoms in total. The zero-order valence-corrected chi connectivity index (χ0v) is 5.24. The normalized spacial score (nSPS) is 26.0. The quantitative estimate of drug-likeness (QED) is 0.472. The first-order valence-corrected chi connectivity index (χ1v) is 3.33. The highest BCUT2D eigenvalue weighted by molar-refractivity contribution is 8.00. The van der Waals surface area contributed by atoms with Gasteiger partial charge in [0.15, 0.2) is 0 Å². The van der Waals surface area contributed by atoms with Crippen LogP contribution < -0.4 is 10.0 Å². The highest BCUT2D eigenvalue weighted by Crippen LogP contribution is 1.94. The molecule has 0 aliphatic carbocycles. The average molecular weight is 128 g/mol. The van der Waals surface area contributed by atoms with Gasteiger partial charge in [-0.1, -0.05) is 0 Å². The molecule has 0 aromatic carbocycles. The third-order valence-electron chi connectivity index (χ3n) is 0.744. The molecule has 1 aliphatic rings. The molecule has 0 saturated heterocycles. The highest BCUT2D eigenvalue weighted by atomic mass is 32.2. The van der Waals surface area contributed by atoms with Gasteiger partial charge < -0.3 is 10.0 Å². The SMILES string of the molecule is C1=C\NS/C=C\NC/1. The van der Waals surface area contributed by atoms with Crippen molar-refractivity contribution in [1.29, 1.82) is 0 Å². The molecule has 8 heavy (non-hydrogen) atoms. The molecule has 1 heterocycles. The molecule has 44 valence electrons. The van der Waals surface area contributed by atoms with Gasteiger partial charge in [0.2, 0.25) is 0 Å². The van der Waals surface area contributed by atoms with Crippen LogP contribution in [0.5, 0.6) is 0 Å². The van der Waals surface area contributed by atoms with E-state index in [0.29, 0.717) is 0 Å². The fourth-order valence-corrected chi connectivity index (χ4v) is 0.821. The Bertz CT molecular complexity index is 83.0. The maximum absolute atomic E-state index is 3.06. The molecule has 0 aromatic rings. The van der Waals surface area contributed by atoms with Crippen molar-refractivity contribution in [3.63, 3.8) is 0 Å². The van der Waals surface area contributed by atoms with E-state index in [4.69, 9.17) is 0 Å². The second-order valence-electron chi connectivity index (χ2n) is 1.35. The summed E-state index contributed by atoms with van der Waals surface area (Å²) >= 11 is 1.55. The van der Waals surface area contributed by atoms with E-state index in [9.17, 15) is 0 Å². The van der Waals surface area contributed by atoms with Crippen molar-refractivity contribution in [3.8, 4) is 0 Å². The van der Waals surface area contributed by atoms with Gasteiger partial charge in [-0.3, -0.25) is 0 Å². The molecular weight excluding hydrogens is 120 g/mol. The predicted molar refractivity (Wildman–Crippen MR) is 37.0 cm³/mol. The van der Waals surface area contributed by atoms with Crippen molar-refractivity contribution in [3.05, 3.63) is 23.9 Å². The van der Waals surface area contributed by atoms with Gasteiger partial charge >= 0.3 is 0 Å². The molecule has 2 N–H and O–H groups in total. The molecule has 1 rings (SSSR count). The molecule has 0 unspecified atom stereocenters. The van der Waals surface area contributed by atoms with E-state index in [1.54, 1.807) is 11.9 Å². The van der Waals surface area contributed by atoms with Gasteiger partial charge in [-0.05, 0) is 18.0 Å². The van der Waals surface area contributed by atoms with Crippen LogP contribution in [0.25, 0.3) is 0 Å². The zero-order chi connectivity index (χ0) is 5.66. The standard InChI is InChI=1S/C5H8N2S/c1-2-6-4-5-8-7-3-1/h1,3-7H,2H2/b3-1-,5-4-. The van der Waals surface area contributed by atoms with Gasteiger partial charge in [-0.2, -0.15) is 0 Å². The molecule has 0 spiro atoms. The fourth-order valence-electron chi connectivity index (χ4n) is 0.404. The number of rotatable bonds is 0. The molecule has 0 bridgehead atoms. The van der Waals surface area contributed by atoms with Crippen LogP contribution in [0.3, 0.4) is 0 Å². The summed E-state index contributed by atoms with van der Waals surface area (Å²) in [5.41, 5.74) is 0. The first kappa shape index (κ1) is 5.56. The lowest BCUT2D eigenvalue weighted by Crippen LogP contribution is -2.06. The van der Waals surface area contributed by atoms with Crippen molar-refractivity contribution in [2.75, 3.05) is 6.54 Å². The van der Waals surface area contributed by atoms with Gasteiger partial charge in [0, 0.05) is 24.4 Å². The Morgan fingerprint density at radius 3 is 3.38 bits per heavy atom. The summed E-state index contributed by atoms with van der Waals surface area (Å²) in [6, 6.07) is 0. The molecule has 0 amide bonds. The van der Waals surface area contributed by atoms with E-state index in [0.717, 1.165) is 6.54 Å².